The highest BCUT2D eigenvalue weighted by Crippen LogP contribution is 2.20. The van der Waals surface area contributed by atoms with Gasteiger partial charge in [0, 0.05) is 25.0 Å². The Morgan fingerprint density at radius 1 is 1.23 bits per heavy atom. The molecule has 0 heterocycles. The van der Waals surface area contributed by atoms with Crippen molar-refractivity contribution in [1.82, 2.24) is 4.90 Å². The van der Waals surface area contributed by atoms with Gasteiger partial charge in [0.2, 0.25) is 0 Å². The quantitative estimate of drug-likeness (QED) is 0.640. The number of hydrogen-bond acceptors (Lipinski definition) is 1. The zero-order chi connectivity index (χ0) is 10.5. The lowest BCUT2D eigenvalue weighted by atomic mass is 10.3. The van der Waals surface area contributed by atoms with Gasteiger partial charge < -0.3 is 0 Å². The van der Waals surface area contributed by atoms with Crippen LogP contribution in [0.25, 0.3) is 0 Å². The van der Waals surface area contributed by atoms with Crippen molar-refractivity contribution in [3.05, 3.63) is 0 Å². The summed E-state index contributed by atoms with van der Waals surface area (Å²) in [7, 11) is 0. The zero-order valence-electron chi connectivity index (χ0n) is 7.86. The molecule has 0 aliphatic carbocycles. The van der Waals surface area contributed by atoms with E-state index in [-0.39, 0.29) is 12.6 Å². The zero-order valence-corrected chi connectivity index (χ0v) is 8.62. The second-order valence-electron chi connectivity index (χ2n) is 3.18. The topological polar surface area (TPSA) is 3.24 Å². The van der Waals surface area contributed by atoms with Gasteiger partial charge in [0.1, 0.15) is 0 Å². The Labute approximate surface area is 81.9 Å². The van der Waals surface area contributed by atoms with E-state index in [9.17, 15) is 13.2 Å². The molecule has 13 heavy (non-hydrogen) atoms. The lowest BCUT2D eigenvalue weighted by molar-refractivity contribution is -0.138. The third kappa shape index (κ3) is 7.14. The first kappa shape index (κ1) is 13.0. The van der Waals surface area contributed by atoms with Gasteiger partial charge in [-0.2, -0.15) is 13.2 Å². The van der Waals surface area contributed by atoms with Gasteiger partial charge in [-0.15, -0.1) is 11.6 Å². The number of rotatable bonds is 5. The lowest BCUT2D eigenvalue weighted by Gasteiger charge is -2.25. The average Bonchev–Trinajstić information content (AvgIpc) is 1.95. The third-order valence-corrected chi connectivity index (χ3v) is 1.95. The first-order valence-corrected chi connectivity index (χ1v) is 4.77. The van der Waals surface area contributed by atoms with E-state index < -0.39 is 12.6 Å². The van der Waals surface area contributed by atoms with Crippen LogP contribution >= 0.6 is 11.6 Å². The van der Waals surface area contributed by atoms with Crippen LogP contribution in [0.15, 0.2) is 0 Å². The molecular weight excluding hydrogens is 203 g/mol. The van der Waals surface area contributed by atoms with Gasteiger partial charge in [-0.1, -0.05) is 0 Å². The molecule has 0 aliphatic heterocycles. The molecule has 0 aliphatic rings. The molecule has 80 valence electrons. The van der Waals surface area contributed by atoms with E-state index >= 15 is 0 Å². The number of nitrogens with zero attached hydrogens (tertiary/aromatic N) is 1. The van der Waals surface area contributed by atoms with Crippen LogP contribution < -0.4 is 0 Å². The molecule has 0 saturated carbocycles. The van der Waals surface area contributed by atoms with Crippen molar-refractivity contribution in [2.24, 2.45) is 0 Å². The molecule has 5 heteroatoms. The van der Waals surface area contributed by atoms with Crippen molar-refractivity contribution < 1.29 is 13.2 Å². The van der Waals surface area contributed by atoms with Crippen LogP contribution in [0.4, 0.5) is 13.2 Å². The van der Waals surface area contributed by atoms with Crippen molar-refractivity contribution in [2.75, 3.05) is 19.0 Å². The van der Waals surface area contributed by atoms with Crippen LogP contribution in [-0.4, -0.2) is 36.1 Å². The van der Waals surface area contributed by atoms with Gasteiger partial charge in [0.15, 0.2) is 0 Å². The highest BCUT2D eigenvalue weighted by atomic mass is 35.5. The molecule has 1 nitrogen and oxygen atoms in total. The normalized spacial score (nSPS) is 12.9. The second kappa shape index (κ2) is 5.70. The molecule has 0 aromatic heterocycles. The smallest absolute Gasteiger partial charge is 0.299 e. The van der Waals surface area contributed by atoms with Crippen LogP contribution in [0, 0.1) is 0 Å². The van der Waals surface area contributed by atoms with Gasteiger partial charge in [-0.05, 0) is 13.8 Å². The van der Waals surface area contributed by atoms with Gasteiger partial charge in [0.25, 0.3) is 0 Å². The molecule has 0 radical (unpaired) electrons. The molecular formula is C8H15ClF3N. The fourth-order valence-corrected chi connectivity index (χ4v) is 1.22. The van der Waals surface area contributed by atoms with E-state index in [0.717, 1.165) is 0 Å². The minimum atomic E-state index is -4.07. The maximum atomic E-state index is 11.9. The van der Waals surface area contributed by atoms with E-state index in [0.29, 0.717) is 12.4 Å². The van der Waals surface area contributed by atoms with Crippen LogP contribution in [0.5, 0.6) is 0 Å². The largest absolute Gasteiger partial charge is 0.390 e. The van der Waals surface area contributed by atoms with Gasteiger partial charge in [0.05, 0.1) is 6.42 Å². The molecule has 0 bridgehead atoms. The maximum absolute atomic E-state index is 11.9. The molecule has 0 atom stereocenters. The minimum absolute atomic E-state index is 0.0356. The van der Waals surface area contributed by atoms with Crippen LogP contribution in [0.3, 0.4) is 0 Å². The van der Waals surface area contributed by atoms with E-state index in [4.69, 9.17) is 11.6 Å². The predicted molar refractivity (Wildman–Crippen MR) is 48.1 cm³/mol. The second-order valence-corrected chi connectivity index (χ2v) is 3.56. The van der Waals surface area contributed by atoms with Crippen LogP contribution in [0.2, 0.25) is 0 Å². The summed E-state index contributed by atoms with van der Waals surface area (Å²) >= 11 is 5.47. The van der Waals surface area contributed by atoms with E-state index in [2.05, 4.69) is 0 Å². The summed E-state index contributed by atoms with van der Waals surface area (Å²) in [5.74, 6) is 0.371. The van der Waals surface area contributed by atoms with Gasteiger partial charge >= 0.3 is 6.18 Å². The first-order valence-electron chi connectivity index (χ1n) is 4.23. The third-order valence-electron chi connectivity index (χ3n) is 1.78. The van der Waals surface area contributed by atoms with E-state index in [1.165, 1.54) is 0 Å². The fourth-order valence-electron chi connectivity index (χ4n) is 1.01. The molecule has 0 amide bonds. The molecule has 0 unspecified atom stereocenters. The lowest BCUT2D eigenvalue weighted by Crippen LogP contribution is -2.35. The van der Waals surface area contributed by atoms with Gasteiger partial charge in [-0.25, -0.2) is 0 Å². The van der Waals surface area contributed by atoms with Crippen molar-refractivity contribution in [3.8, 4) is 0 Å². The predicted octanol–water partition coefficient (Wildman–Crippen LogP) is 2.89. The molecule has 0 aromatic carbocycles. The summed E-state index contributed by atoms with van der Waals surface area (Å²) in [5.41, 5.74) is 0. The monoisotopic (exact) mass is 217 g/mol. The Morgan fingerprint density at radius 3 is 2.08 bits per heavy atom. The molecule has 0 spiro atoms. The molecule has 0 aromatic rings. The number of hydrogen-bond donors (Lipinski definition) is 0. The maximum Gasteiger partial charge on any atom is 0.390 e. The fraction of sp³-hybridized carbons (Fsp3) is 1.00. The Kier molecular flexibility index (Phi) is 5.72. The minimum Gasteiger partial charge on any atom is -0.299 e. The summed E-state index contributed by atoms with van der Waals surface area (Å²) in [4.78, 5) is 1.72. The standard InChI is InChI=1S/C8H15ClF3N/c1-7(2)13(6-4-9)5-3-8(10,11)12/h7H,3-6H2,1-2H3. The summed E-state index contributed by atoms with van der Waals surface area (Å²) in [5, 5.41) is 0. The highest BCUT2D eigenvalue weighted by Gasteiger charge is 2.28. The van der Waals surface area contributed by atoms with E-state index in [1.54, 1.807) is 4.90 Å². The van der Waals surface area contributed by atoms with Crippen molar-refractivity contribution >= 4 is 11.6 Å². The molecule has 0 N–H and O–H groups in total. The van der Waals surface area contributed by atoms with Gasteiger partial charge in [-0.3, -0.25) is 4.90 Å². The number of halogens is 4. The number of alkyl halides is 4. The summed E-state index contributed by atoms with van der Waals surface area (Å²) in [6.07, 6.45) is -4.83. The van der Waals surface area contributed by atoms with Crippen LogP contribution in [-0.2, 0) is 0 Å². The van der Waals surface area contributed by atoms with Crippen molar-refractivity contribution in [2.45, 2.75) is 32.5 Å². The van der Waals surface area contributed by atoms with Crippen LogP contribution in [0.1, 0.15) is 20.3 Å². The first-order chi connectivity index (χ1) is 5.87. The summed E-state index contributed by atoms with van der Waals surface area (Å²) < 4.78 is 35.6. The Hall–Kier alpha value is 0.0400. The molecule has 0 saturated heterocycles. The summed E-state index contributed by atoms with van der Waals surface area (Å²) in [6, 6.07) is 0.112. The molecule has 0 rings (SSSR count). The van der Waals surface area contributed by atoms with E-state index in [1.807, 2.05) is 13.8 Å². The SMILES string of the molecule is CC(C)N(CCCl)CCC(F)(F)F. The Balaban J connectivity index is 3.82. The Morgan fingerprint density at radius 2 is 1.77 bits per heavy atom. The van der Waals surface area contributed by atoms with Crippen molar-refractivity contribution in [3.63, 3.8) is 0 Å². The molecule has 0 fully saturated rings. The Bertz CT molecular complexity index is 136. The average molecular weight is 218 g/mol. The summed E-state index contributed by atoms with van der Waals surface area (Å²) in [6.45, 7) is 4.27. The highest BCUT2D eigenvalue weighted by molar-refractivity contribution is 6.18. The van der Waals surface area contributed by atoms with Crippen molar-refractivity contribution in [1.29, 1.82) is 0 Å².